The first kappa shape index (κ1) is 24.0. The highest BCUT2D eigenvalue weighted by molar-refractivity contribution is 5.79. The zero-order valence-corrected chi connectivity index (χ0v) is 19.7. The first-order valence-corrected chi connectivity index (χ1v) is 12.2. The van der Waals surface area contributed by atoms with Crippen molar-refractivity contribution in [1.29, 1.82) is 0 Å². The van der Waals surface area contributed by atoms with Crippen LogP contribution in [-0.4, -0.2) is 69.4 Å². The van der Waals surface area contributed by atoms with Crippen LogP contribution in [0.15, 0.2) is 35.3 Å². The van der Waals surface area contributed by atoms with E-state index in [2.05, 4.69) is 66.6 Å². The molecule has 3 rings (SSSR count). The second-order valence-electron chi connectivity index (χ2n) is 9.14. The molecule has 2 fully saturated rings. The normalized spacial score (nSPS) is 24.2. The summed E-state index contributed by atoms with van der Waals surface area (Å²) < 4.78 is 11.7. The fourth-order valence-electron chi connectivity index (χ4n) is 4.66. The number of rotatable bonds is 9. The largest absolute Gasteiger partial charge is 0.379 e. The molecule has 6 nitrogen and oxygen atoms in total. The van der Waals surface area contributed by atoms with Gasteiger partial charge in [0.2, 0.25) is 0 Å². The first-order chi connectivity index (χ1) is 15.2. The molecule has 2 N–H and O–H groups in total. The van der Waals surface area contributed by atoms with E-state index in [-0.39, 0.29) is 6.10 Å². The zero-order valence-electron chi connectivity index (χ0n) is 19.7. The molecule has 0 bridgehead atoms. The van der Waals surface area contributed by atoms with Crippen molar-refractivity contribution in [2.75, 3.05) is 52.5 Å². The van der Waals surface area contributed by atoms with Crippen molar-refractivity contribution in [1.82, 2.24) is 15.5 Å². The summed E-state index contributed by atoms with van der Waals surface area (Å²) in [4.78, 5) is 7.55. The number of nitrogens with one attached hydrogen (secondary N) is 2. The maximum Gasteiger partial charge on any atom is 0.191 e. The lowest BCUT2D eigenvalue weighted by Gasteiger charge is -2.35. The van der Waals surface area contributed by atoms with Gasteiger partial charge in [0.1, 0.15) is 0 Å². The van der Waals surface area contributed by atoms with Crippen LogP contribution in [0.25, 0.3) is 0 Å². The van der Waals surface area contributed by atoms with Gasteiger partial charge in [-0.3, -0.25) is 9.89 Å². The van der Waals surface area contributed by atoms with Gasteiger partial charge in [0.25, 0.3) is 0 Å². The molecule has 0 aliphatic carbocycles. The van der Waals surface area contributed by atoms with E-state index in [1.165, 1.54) is 12.0 Å². The van der Waals surface area contributed by atoms with Gasteiger partial charge < -0.3 is 20.1 Å². The van der Waals surface area contributed by atoms with Gasteiger partial charge in [-0.25, -0.2) is 0 Å². The number of nitrogens with zero attached hydrogens (tertiary/aromatic N) is 2. The van der Waals surface area contributed by atoms with Crippen LogP contribution in [0.2, 0.25) is 0 Å². The highest BCUT2D eigenvalue weighted by Gasteiger charge is 2.27. The van der Waals surface area contributed by atoms with E-state index in [0.29, 0.717) is 17.9 Å². The molecule has 3 unspecified atom stereocenters. The van der Waals surface area contributed by atoms with E-state index < -0.39 is 0 Å². The molecule has 1 aromatic carbocycles. The van der Waals surface area contributed by atoms with Crippen molar-refractivity contribution in [3.05, 3.63) is 35.9 Å². The number of hydrogen-bond donors (Lipinski definition) is 2. The van der Waals surface area contributed by atoms with Gasteiger partial charge in [-0.2, -0.15) is 0 Å². The molecule has 0 aromatic heterocycles. The first-order valence-electron chi connectivity index (χ1n) is 12.2. The highest BCUT2D eigenvalue weighted by Crippen LogP contribution is 2.33. The molecule has 0 spiro atoms. The third-order valence-corrected chi connectivity index (χ3v) is 6.21. The maximum atomic E-state index is 6.17. The predicted octanol–water partition coefficient (Wildman–Crippen LogP) is 3.46. The van der Waals surface area contributed by atoms with Gasteiger partial charge in [0, 0.05) is 44.7 Å². The van der Waals surface area contributed by atoms with Crippen LogP contribution in [0.5, 0.6) is 0 Å². The Kier molecular flexibility index (Phi) is 10.1. The average molecular weight is 431 g/mol. The number of aliphatic imine (C=N–C) groups is 1. The zero-order chi connectivity index (χ0) is 21.9. The van der Waals surface area contributed by atoms with E-state index in [9.17, 15) is 0 Å². The van der Waals surface area contributed by atoms with E-state index in [4.69, 9.17) is 14.5 Å². The summed E-state index contributed by atoms with van der Waals surface area (Å²) in [5, 5.41) is 7.06. The molecular formula is C25H42N4O2. The molecule has 6 heteroatoms. The smallest absolute Gasteiger partial charge is 0.191 e. The van der Waals surface area contributed by atoms with Crippen LogP contribution in [0, 0.1) is 11.8 Å². The fraction of sp³-hybridized carbons (Fsp3) is 0.720. The predicted molar refractivity (Wildman–Crippen MR) is 127 cm³/mol. The highest BCUT2D eigenvalue weighted by atomic mass is 16.5. The lowest BCUT2D eigenvalue weighted by atomic mass is 9.89. The van der Waals surface area contributed by atoms with Crippen LogP contribution in [0.3, 0.4) is 0 Å². The Bertz CT molecular complexity index is 646. The molecule has 2 aliphatic rings. The monoisotopic (exact) mass is 430 g/mol. The Morgan fingerprint density at radius 1 is 1.13 bits per heavy atom. The summed E-state index contributed by atoms with van der Waals surface area (Å²) >= 11 is 0. The molecule has 0 saturated carbocycles. The Labute approximate surface area is 188 Å². The minimum absolute atomic E-state index is 0.160. The number of ether oxygens (including phenoxy) is 2. The van der Waals surface area contributed by atoms with Crippen LogP contribution in [0.4, 0.5) is 0 Å². The Morgan fingerprint density at radius 3 is 2.61 bits per heavy atom. The van der Waals surface area contributed by atoms with Gasteiger partial charge >= 0.3 is 0 Å². The van der Waals surface area contributed by atoms with Gasteiger partial charge in [0.15, 0.2) is 5.96 Å². The van der Waals surface area contributed by atoms with Crippen molar-refractivity contribution in [3.8, 4) is 0 Å². The summed E-state index contributed by atoms with van der Waals surface area (Å²) in [5.74, 6) is 2.03. The summed E-state index contributed by atoms with van der Waals surface area (Å²) in [5.41, 5.74) is 1.28. The Hall–Kier alpha value is -1.63. The van der Waals surface area contributed by atoms with E-state index in [1.807, 2.05) is 0 Å². The number of hydrogen-bond acceptors (Lipinski definition) is 4. The summed E-state index contributed by atoms with van der Waals surface area (Å²) in [7, 11) is 0. The lowest BCUT2D eigenvalue weighted by Crippen LogP contribution is -2.47. The van der Waals surface area contributed by atoms with Gasteiger partial charge in [0.05, 0.1) is 25.9 Å². The second-order valence-corrected chi connectivity index (χ2v) is 9.14. The average Bonchev–Trinajstić information content (AvgIpc) is 2.81. The van der Waals surface area contributed by atoms with E-state index in [1.54, 1.807) is 0 Å². The molecule has 1 aromatic rings. The van der Waals surface area contributed by atoms with Crippen molar-refractivity contribution < 1.29 is 9.47 Å². The van der Waals surface area contributed by atoms with Crippen molar-refractivity contribution in [2.45, 2.75) is 52.2 Å². The van der Waals surface area contributed by atoms with Crippen molar-refractivity contribution in [3.63, 3.8) is 0 Å². The van der Waals surface area contributed by atoms with Gasteiger partial charge in [-0.05, 0) is 37.7 Å². The minimum atomic E-state index is 0.160. The Morgan fingerprint density at radius 2 is 1.90 bits per heavy atom. The lowest BCUT2D eigenvalue weighted by molar-refractivity contribution is -0.0265. The van der Waals surface area contributed by atoms with Crippen molar-refractivity contribution >= 4 is 5.96 Å². The van der Waals surface area contributed by atoms with E-state index >= 15 is 0 Å². The fourth-order valence-corrected chi connectivity index (χ4v) is 4.66. The summed E-state index contributed by atoms with van der Waals surface area (Å²) in [6.07, 6.45) is 3.62. The third-order valence-electron chi connectivity index (χ3n) is 6.21. The maximum absolute atomic E-state index is 6.17. The molecule has 0 amide bonds. The number of morpholine rings is 1. The molecule has 3 atom stereocenters. The van der Waals surface area contributed by atoms with Gasteiger partial charge in [-0.1, -0.05) is 44.2 Å². The van der Waals surface area contributed by atoms with Crippen LogP contribution in [-0.2, 0) is 9.47 Å². The Balaban J connectivity index is 1.61. The third kappa shape index (κ3) is 7.78. The summed E-state index contributed by atoms with van der Waals surface area (Å²) in [6, 6.07) is 11.1. The molecule has 174 valence electrons. The quantitative estimate of drug-likeness (QED) is 0.464. The molecular weight excluding hydrogens is 388 g/mol. The van der Waals surface area contributed by atoms with E-state index in [0.717, 1.165) is 71.3 Å². The van der Waals surface area contributed by atoms with Gasteiger partial charge in [-0.15, -0.1) is 0 Å². The molecule has 2 aliphatic heterocycles. The van der Waals surface area contributed by atoms with Crippen LogP contribution in [0.1, 0.15) is 51.7 Å². The number of guanidine groups is 1. The standard InChI is InChI=1S/C25H42N4O2/c1-4-26-25(28-19-23(17-20(2)3)29-12-15-30-16-13-29)27-18-22-11-8-14-31-24(22)21-9-6-5-7-10-21/h5-7,9-10,20,22-24H,4,8,11-19H2,1-3H3,(H2,26,27,28). The molecule has 2 saturated heterocycles. The molecule has 2 heterocycles. The molecule has 31 heavy (non-hydrogen) atoms. The molecule has 0 radical (unpaired) electrons. The SMILES string of the molecule is CCNC(=NCC(CC(C)C)N1CCOCC1)NCC1CCCOC1c1ccccc1. The minimum Gasteiger partial charge on any atom is -0.379 e. The second kappa shape index (κ2) is 13.0. The topological polar surface area (TPSA) is 58.1 Å². The van der Waals surface area contributed by atoms with Crippen LogP contribution >= 0.6 is 0 Å². The van der Waals surface area contributed by atoms with Crippen molar-refractivity contribution in [2.24, 2.45) is 16.8 Å². The summed E-state index contributed by atoms with van der Waals surface area (Å²) in [6.45, 7) is 13.8. The number of benzene rings is 1. The van der Waals surface area contributed by atoms with Crippen LogP contribution < -0.4 is 10.6 Å².